The molecule has 0 atom stereocenters. The van der Waals surface area contributed by atoms with Gasteiger partial charge in [0.25, 0.3) is 0 Å². The maximum atomic E-state index is 6.19. The Morgan fingerprint density at radius 3 is 2.86 bits per heavy atom. The molecule has 0 aliphatic heterocycles. The second-order valence-electron chi connectivity index (χ2n) is 5.08. The van der Waals surface area contributed by atoms with Crippen LogP contribution in [0.5, 0.6) is 0 Å². The van der Waals surface area contributed by atoms with Crippen LogP contribution in [-0.4, -0.2) is 4.57 Å². The number of benzene rings is 1. The molecule has 0 amide bonds. The Balaban J connectivity index is 2.10. The van der Waals surface area contributed by atoms with Crippen LogP contribution in [0.3, 0.4) is 0 Å². The summed E-state index contributed by atoms with van der Waals surface area (Å²) < 4.78 is 7.72. The summed E-state index contributed by atoms with van der Waals surface area (Å²) in [5.74, 6) is 0.869. The van der Waals surface area contributed by atoms with Crippen molar-refractivity contribution in [2.24, 2.45) is 4.99 Å². The van der Waals surface area contributed by atoms with Crippen molar-refractivity contribution in [1.29, 1.82) is 0 Å². The maximum Gasteiger partial charge on any atom is 0.190 e. The Morgan fingerprint density at radius 2 is 2.18 bits per heavy atom. The van der Waals surface area contributed by atoms with Gasteiger partial charge in [0.15, 0.2) is 10.6 Å². The van der Waals surface area contributed by atoms with Gasteiger partial charge in [-0.3, -0.25) is 0 Å². The van der Waals surface area contributed by atoms with Crippen LogP contribution in [0.4, 0.5) is 5.69 Å². The average Bonchev–Trinajstić information content (AvgIpc) is 3.14. The van der Waals surface area contributed by atoms with E-state index in [2.05, 4.69) is 16.9 Å². The molecular formula is C17H17ClN2OS. The number of aryl methyl sites for hydroxylation is 1. The summed E-state index contributed by atoms with van der Waals surface area (Å²) in [5.41, 5.74) is 2.99. The van der Waals surface area contributed by atoms with Gasteiger partial charge in [-0.05, 0) is 43.2 Å². The van der Waals surface area contributed by atoms with Crippen molar-refractivity contribution in [3.8, 4) is 11.5 Å². The molecule has 0 N–H and O–H groups in total. The van der Waals surface area contributed by atoms with Crippen LogP contribution < -0.4 is 4.80 Å². The molecule has 2 aromatic heterocycles. The number of halogens is 1. The van der Waals surface area contributed by atoms with Gasteiger partial charge >= 0.3 is 0 Å². The highest BCUT2D eigenvalue weighted by Crippen LogP contribution is 2.24. The number of hydrogen-bond acceptors (Lipinski definition) is 3. The summed E-state index contributed by atoms with van der Waals surface area (Å²) in [6.07, 6.45) is 2.73. The van der Waals surface area contributed by atoms with Gasteiger partial charge in [-0.15, -0.1) is 11.3 Å². The summed E-state index contributed by atoms with van der Waals surface area (Å²) in [6.45, 7) is 5.05. The standard InChI is InChI=1S/C17H17ClN2OS/c1-3-8-20-15(16-5-4-9-21-16)11-22-17(20)19-13-7-6-12(2)14(18)10-13/h4-7,9-11H,3,8H2,1-2H3. The van der Waals surface area contributed by atoms with E-state index in [4.69, 9.17) is 21.0 Å². The van der Waals surface area contributed by atoms with Gasteiger partial charge in [0.05, 0.1) is 17.6 Å². The molecule has 3 aromatic rings. The first-order valence-corrected chi connectivity index (χ1v) is 8.48. The number of nitrogens with zero attached hydrogens (tertiary/aromatic N) is 2. The number of thiazole rings is 1. The largest absolute Gasteiger partial charge is 0.463 e. The van der Waals surface area contributed by atoms with Crippen LogP contribution >= 0.6 is 22.9 Å². The van der Waals surface area contributed by atoms with Gasteiger partial charge in [0.2, 0.25) is 0 Å². The van der Waals surface area contributed by atoms with Gasteiger partial charge in [0.1, 0.15) is 0 Å². The minimum atomic E-state index is 0.742. The molecule has 3 nitrogen and oxygen atoms in total. The molecule has 0 bridgehead atoms. The second-order valence-corrected chi connectivity index (χ2v) is 6.32. The molecule has 1 aromatic carbocycles. The summed E-state index contributed by atoms with van der Waals surface area (Å²) in [7, 11) is 0. The zero-order chi connectivity index (χ0) is 15.5. The van der Waals surface area contributed by atoms with E-state index in [0.29, 0.717) is 0 Å². The van der Waals surface area contributed by atoms with Gasteiger partial charge < -0.3 is 8.98 Å². The molecule has 0 aliphatic rings. The highest BCUT2D eigenvalue weighted by atomic mass is 35.5. The summed E-state index contributed by atoms with van der Waals surface area (Å²) in [4.78, 5) is 5.70. The van der Waals surface area contributed by atoms with Gasteiger partial charge in [-0.2, -0.15) is 0 Å². The van der Waals surface area contributed by atoms with Crippen molar-refractivity contribution in [2.45, 2.75) is 26.8 Å². The Bertz CT molecular complexity index is 831. The monoisotopic (exact) mass is 332 g/mol. The molecule has 22 heavy (non-hydrogen) atoms. The maximum absolute atomic E-state index is 6.19. The van der Waals surface area contributed by atoms with Crippen molar-refractivity contribution >= 4 is 28.6 Å². The SMILES string of the molecule is CCCn1c(-c2ccco2)csc1=Nc1ccc(C)c(Cl)c1. The predicted octanol–water partition coefficient (Wildman–Crippen LogP) is 5.41. The first-order valence-electron chi connectivity index (χ1n) is 7.22. The average molecular weight is 333 g/mol. The van der Waals surface area contributed by atoms with Gasteiger partial charge in [0, 0.05) is 16.9 Å². The van der Waals surface area contributed by atoms with Crippen molar-refractivity contribution in [2.75, 3.05) is 0 Å². The van der Waals surface area contributed by atoms with E-state index >= 15 is 0 Å². The fourth-order valence-electron chi connectivity index (χ4n) is 2.24. The van der Waals surface area contributed by atoms with Gasteiger partial charge in [-0.1, -0.05) is 24.6 Å². The Morgan fingerprint density at radius 1 is 1.32 bits per heavy atom. The molecule has 0 radical (unpaired) electrons. The number of rotatable bonds is 4. The highest BCUT2D eigenvalue weighted by Gasteiger charge is 2.09. The Labute approximate surface area is 138 Å². The Hall–Kier alpha value is -1.78. The molecule has 0 saturated heterocycles. The summed E-state index contributed by atoms with van der Waals surface area (Å²) in [6, 6.07) is 9.76. The predicted molar refractivity (Wildman–Crippen MR) is 91.7 cm³/mol. The molecule has 3 rings (SSSR count). The van der Waals surface area contributed by atoms with Crippen LogP contribution in [0.1, 0.15) is 18.9 Å². The highest BCUT2D eigenvalue weighted by molar-refractivity contribution is 7.07. The molecule has 2 heterocycles. The van der Waals surface area contributed by atoms with E-state index in [0.717, 1.165) is 45.5 Å². The lowest BCUT2D eigenvalue weighted by molar-refractivity contribution is 0.567. The Kier molecular flexibility index (Phi) is 4.50. The molecular weight excluding hydrogens is 316 g/mol. The smallest absolute Gasteiger partial charge is 0.190 e. The normalized spacial score (nSPS) is 12.0. The minimum Gasteiger partial charge on any atom is -0.463 e. The third-order valence-corrected chi connectivity index (χ3v) is 4.67. The number of hydrogen-bond donors (Lipinski definition) is 0. The van der Waals surface area contributed by atoms with E-state index in [9.17, 15) is 0 Å². The first kappa shape index (κ1) is 15.1. The quantitative estimate of drug-likeness (QED) is 0.628. The number of aromatic nitrogens is 1. The van der Waals surface area contributed by atoms with Crippen LogP contribution in [0.25, 0.3) is 11.5 Å². The van der Waals surface area contributed by atoms with E-state index in [1.807, 2.05) is 37.3 Å². The van der Waals surface area contributed by atoms with Crippen molar-refractivity contribution in [3.05, 3.63) is 57.4 Å². The first-order chi connectivity index (χ1) is 10.7. The van der Waals surface area contributed by atoms with Crippen LogP contribution in [0.15, 0.2) is 51.4 Å². The molecule has 0 unspecified atom stereocenters. The van der Waals surface area contributed by atoms with Crippen molar-refractivity contribution in [1.82, 2.24) is 4.57 Å². The fraction of sp³-hybridized carbons (Fsp3) is 0.235. The lowest BCUT2D eigenvalue weighted by Crippen LogP contribution is -2.15. The zero-order valence-electron chi connectivity index (χ0n) is 12.5. The van der Waals surface area contributed by atoms with Crippen molar-refractivity contribution < 1.29 is 4.42 Å². The zero-order valence-corrected chi connectivity index (χ0v) is 14.1. The van der Waals surface area contributed by atoms with Gasteiger partial charge in [-0.25, -0.2) is 4.99 Å². The lowest BCUT2D eigenvalue weighted by Gasteiger charge is -2.05. The molecule has 0 saturated carbocycles. The van der Waals surface area contributed by atoms with Crippen LogP contribution in [0, 0.1) is 6.92 Å². The third kappa shape index (κ3) is 3.03. The molecule has 114 valence electrons. The van der Waals surface area contributed by atoms with Crippen molar-refractivity contribution in [3.63, 3.8) is 0 Å². The van der Waals surface area contributed by atoms with Crippen LogP contribution in [-0.2, 0) is 6.54 Å². The van der Waals surface area contributed by atoms with E-state index in [1.54, 1.807) is 17.6 Å². The topological polar surface area (TPSA) is 30.4 Å². The third-order valence-electron chi connectivity index (χ3n) is 3.40. The number of furan rings is 1. The van der Waals surface area contributed by atoms with E-state index in [-0.39, 0.29) is 0 Å². The lowest BCUT2D eigenvalue weighted by atomic mass is 10.2. The molecule has 0 fully saturated rings. The minimum absolute atomic E-state index is 0.742. The van der Waals surface area contributed by atoms with E-state index < -0.39 is 0 Å². The fourth-order valence-corrected chi connectivity index (χ4v) is 3.35. The molecule has 5 heteroatoms. The molecule has 0 aliphatic carbocycles. The summed E-state index contributed by atoms with van der Waals surface area (Å²) in [5, 5.41) is 2.83. The second kappa shape index (κ2) is 6.55. The molecule has 0 spiro atoms. The summed E-state index contributed by atoms with van der Waals surface area (Å²) >= 11 is 7.80. The van der Waals surface area contributed by atoms with E-state index in [1.165, 1.54) is 0 Å². The van der Waals surface area contributed by atoms with Crippen LogP contribution in [0.2, 0.25) is 5.02 Å².